The molecule has 0 fully saturated rings. The van der Waals surface area contributed by atoms with Crippen LogP contribution in [0.4, 0.5) is 4.39 Å². The lowest BCUT2D eigenvalue weighted by molar-refractivity contribution is 0.301. The van der Waals surface area contributed by atoms with Gasteiger partial charge < -0.3 is 9.47 Å². The van der Waals surface area contributed by atoms with E-state index in [1.54, 1.807) is 30.4 Å². The molecule has 3 aromatic heterocycles. The van der Waals surface area contributed by atoms with Crippen molar-refractivity contribution in [1.82, 2.24) is 19.7 Å². The molecule has 0 spiro atoms. The standard InChI is InChI=1S/C23H21FN4O2/c1-29-21-7-4-19(26-14-21)16-30-20-5-2-18(3-6-20)23-22(15-28(27-23)13-10-24)17-8-11-25-12-9-17/h2-9,11-12,14-15H,10,13,16H2,1H3/i24-1. The van der Waals surface area contributed by atoms with E-state index >= 15 is 0 Å². The summed E-state index contributed by atoms with van der Waals surface area (Å²) in [4.78, 5) is 8.36. The van der Waals surface area contributed by atoms with E-state index in [4.69, 9.17) is 9.47 Å². The summed E-state index contributed by atoms with van der Waals surface area (Å²) in [6, 6.07) is 15.2. The average molecular weight is 403 g/mol. The van der Waals surface area contributed by atoms with Gasteiger partial charge in [-0.1, -0.05) is 0 Å². The topological polar surface area (TPSA) is 62.1 Å². The van der Waals surface area contributed by atoms with Crippen LogP contribution in [-0.2, 0) is 13.2 Å². The van der Waals surface area contributed by atoms with Gasteiger partial charge in [0.1, 0.15) is 30.5 Å². The van der Waals surface area contributed by atoms with Crippen molar-refractivity contribution in [2.45, 2.75) is 13.2 Å². The van der Waals surface area contributed by atoms with Crippen LogP contribution in [0.2, 0.25) is 0 Å². The zero-order valence-corrected chi connectivity index (χ0v) is 16.5. The summed E-state index contributed by atoms with van der Waals surface area (Å²) in [7, 11) is 1.61. The molecule has 7 heteroatoms. The highest BCUT2D eigenvalue weighted by atomic mass is 18.2. The van der Waals surface area contributed by atoms with Crippen LogP contribution in [0.25, 0.3) is 22.4 Å². The molecule has 0 saturated heterocycles. The summed E-state index contributed by atoms with van der Waals surface area (Å²) in [6.07, 6.45) is 6.99. The third-order valence-electron chi connectivity index (χ3n) is 4.61. The van der Waals surface area contributed by atoms with E-state index in [-0.39, 0.29) is 6.54 Å². The molecule has 0 aliphatic heterocycles. The molecule has 0 aliphatic carbocycles. The molecule has 152 valence electrons. The van der Waals surface area contributed by atoms with E-state index in [9.17, 15) is 4.39 Å². The van der Waals surface area contributed by atoms with Gasteiger partial charge in [0.05, 0.1) is 25.5 Å². The molecule has 0 amide bonds. The Labute approximate surface area is 174 Å². The van der Waals surface area contributed by atoms with Crippen molar-refractivity contribution >= 4 is 0 Å². The number of pyridine rings is 2. The summed E-state index contributed by atoms with van der Waals surface area (Å²) >= 11 is 0. The van der Waals surface area contributed by atoms with Crippen molar-refractivity contribution in [3.8, 4) is 33.9 Å². The molecule has 0 unspecified atom stereocenters. The molecule has 6 nitrogen and oxygen atoms in total. The van der Waals surface area contributed by atoms with Crippen molar-refractivity contribution in [3.05, 3.63) is 79.0 Å². The lowest BCUT2D eigenvalue weighted by Gasteiger charge is -2.08. The summed E-state index contributed by atoms with van der Waals surface area (Å²) < 4.78 is 25.4. The minimum atomic E-state index is -0.469. The fourth-order valence-corrected chi connectivity index (χ4v) is 3.06. The molecular weight excluding hydrogens is 382 g/mol. The first-order valence-electron chi connectivity index (χ1n) is 9.53. The number of rotatable bonds is 8. The fraction of sp³-hybridized carbons (Fsp3) is 0.174. The number of halogens is 1. The van der Waals surface area contributed by atoms with Crippen molar-refractivity contribution in [3.63, 3.8) is 0 Å². The second-order valence-electron chi connectivity index (χ2n) is 6.58. The molecule has 0 N–H and O–H groups in total. The normalized spacial score (nSPS) is 10.7. The van der Waals surface area contributed by atoms with Gasteiger partial charge in [-0.25, -0.2) is 4.39 Å². The van der Waals surface area contributed by atoms with Crippen molar-refractivity contribution in [2.24, 2.45) is 0 Å². The number of alkyl halides is 1. The van der Waals surface area contributed by atoms with E-state index in [0.717, 1.165) is 33.8 Å². The fourth-order valence-electron chi connectivity index (χ4n) is 3.06. The molecule has 0 aliphatic rings. The predicted molar refractivity (Wildman–Crippen MR) is 112 cm³/mol. The second-order valence-corrected chi connectivity index (χ2v) is 6.58. The van der Waals surface area contributed by atoms with E-state index < -0.39 is 6.67 Å². The summed E-state index contributed by atoms with van der Waals surface area (Å²) in [5.74, 6) is 1.44. The molecule has 1 aromatic carbocycles. The largest absolute Gasteiger partial charge is 0.495 e. The molecule has 4 aromatic rings. The summed E-state index contributed by atoms with van der Waals surface area (Å²) in [5.41, 5.74) is 4.44. The van der Waals surface area contributed by atoms with E-state index in [1.165, 1.54) is 0 Å². The maximum Gasteiger partial charge on any atom is 0.137 e. The Kier molecular flexibility index (Phi) is 5.98. The van der Waals surface area contributed by atoms with Gasteiger partial charge in [-0.3, -0.25) is 14.6 Å². The lowest BCUT2D eigenvalue weighted by Crippen LogP contribution is -2.00. The Morgan fingerprint density at radius 2 is 1.70 bits per heavy atom. The van der Waals surface area contributed by atoms with Gasteiger partial charge in [0.25, 0.3) is 0 Å². The van der Waals surface area contributed by atoms with E-state index in [0.29, 0.717) is 12.4 Å². The van der Waals surface area contributed by atoms with Crippen molar-refractivity contribution in [2.75, 3.05) is 13.8 Å². The van der Waals surface area contributed by atoms with Crippen LogP contribution >= 0.6 is 0 Å². The van der Waals surface area contributed by atoms with Crippen LogP contribution < -0.4 is 9.47 Å². The smallest absolute Gasteiger partial charge is 0.137 e. The van der Waals surface area contributed by atoms with Crippen LogP contribution in [-0.4, -0.2) is 33.5 Å². The van der Waals surface area contributed by atoms with Gasteiger partial charge in [-0.2, -0.15) is 5.10 Å². The Bertz CT molecular complexity index is 1080. The third kappa shape index (κ3) is 4.46. The van der Waals surface area contributed by atoms with Crippen LogP contribution in [0.15, 0.2) is 73.3 Å². The molecule has 3 heterocycles. The van der Waals surface area contributed by atoms with Crippen molar-refractivity contribution in [1.29, 1.82) is 0 Å². The maximum absolute atomic E-state index is 12.8. The highest BCUT2D eigenvalue weighted by molar-refractivity contribution is 5.80. The van der Waals surface area contributed by atoms with E-state index in [2.05, 4.69) is 15.1 Å². The van der Waals surface area contributed by atoms with Gasteiger partial charge in [-0.15, -0.1) is 0 Å². The van der Waals surface area contributed by atoms with Crippen LogP contribution in [0.1, 0.15) is 5.69 Å². The number of hydrogen-bond acceptors (Lipinski definition) is 5. The highest BCUT2D eigenvalue weighted by Gasteiger charge is 2.13. The summed E-state index contributed by atoms with van der Waals surface area (Å²) in [5, 5.41) is 4.58. The number of methoxy groups -OCH3 is 1. The maximum atomic E-state index is 12.8. The molecule has 0 atom stereocenters. The number of nitrogens with zero attached hydrogens (tertiary/aromatic N) is 4. The lowest BCUT2D eigenvalue weighted by atomic mass is 10.0. The number of benzene rings is 1. The first-order chi connectivity index (χ1) is 14.8. The van der Waals surface area contributed by atoms with Crippen LogP contribution in [0.5, 0.6) is 11.5 Å². The number of aromatic nitrogens is 4. The Morgan fingerprint density at radius 1 is 0.933 bits per heavy atom. The molecule has 0 bridgehead atoms. The second kappa shape index (κ2) is 9.17. The molecular formula is C23H21FN4O2. The zero-order valence-electron chi connectivity index (χ0n) is 16.5. The first kappa shape index (κ1) is 19.6. The Morgan fingerprint density at radius 3 is 2.37 bits per heavy atom. The van der Waals surface area contributed by atoms with Crippen LogP contribution in [0, 0.1) is 0 Å². The van der Waals surface area contributed by atoms with Gasteiger partial charge >= 0.3 is 0 Å². The van der Waals surface area contributed by atoms with Gasteiger partial charge in [0.2, 0.25) is 0 Å². The van der Waals surface area contributed by atoms with E-state index in [1.807, 2.05) is 54.7 Å². The van der Waals surface area contributed by atoms with Crippen molar-refractivity contribution < 1.29 is 13.9 Å². The monoisotopic (exact) mass is 403 g/mol. The van der Waals surface area contributed by atoms with Crippen LogP contribution in [0.3, 0.4) is 0 Å². The SMILES string of the molecule is COc1ccc(COc2ccc(-c3nn(CC[18F])cc3-c3ccncc3)cc2)nc1. The Hall–Kier alpha value is -3.74. The minimum absolute atomic E-state index is 0.216. The molecule has 4 rings (SSSR count). The average Bonchev–Trinajstić information content (AvgIpc) is 3.23. The first-order valence-corrected chi connectivity index (χ1v) is 9.53. The third-order valence-corrected chi connectivity index (χ3v) is 4.61. The highest BCUT2D eigenvalue weighted by Crippen LogP contribution is 2.31. The molecule has 30 heavy (non-hydrogen) atoms. The summed E-state index contributed by atoms with van der Waals surface area (Å²) in [6.45, 7) is 0.105. The zero-order chi connectivity index (χ0) is 20.8. The minimum Gasteiger partial charge on any atom is -0.495 e. The number of ether oxygens (including phenoxy) is 2. The number of hydrogen-bond donors (Lipinski definition) is 0. The number of aryl methyl sites for hydroxylation is 1. The quantitative estimate of drug-likeness (QED) is 0.431. The van der Waals surface area contributed by atoms with Gasteiger partial charge in [0.15, 0.2) is 0 Å². The van der Waals surface area contributed by atoms with Gasteiger partial charge in [0, 0.05) is 29.7 Å². The molecule has 0 radical (unpaired) electrons. The van der Waals surface area contributed by atoms with Gasteiger partial charge in [-0.05, 0) is 54.1 Å². The predicted octanol–water partition coefficient (Wildman–Crippen LogP) is 4.56. The Balaban J connectivity index is 1.53. The molecule has 0 saturated carbocycles.